The number of fused-ring (bicyclic) bond motifs is 1. The van der Waals surface area contributed by atoms with Crippen molar-refractivity contribution in [1.82, 2.24) is 9.66 Å². The fraction of sp³-hybridized carbons (Fsp3) is 0.192. The number of hydrogen-bond donors (Lipinski definition) is 0. The average molecular weight is 535 g/mol. The number of rotatable bonds is 8. The van der Waals surface area contributed by atoms with Crippen molar-refractivity contribution < 1.29 is 9.66 Å². The molecule has 0 fully saturated rings. The summed E-state index contributed by atoms with van der Waals surface area (Å²) in [7, 11) is 0. The van der Waals surface area contributed by atoms with Gasteiger partial charge < -0.3 is 4.74 Å². The van der Waals surface area contributed by atoms with Crippen molar-refractivity contribution in [2.45, 2.75) is 32.8 Å². The lowest BCUT2D eigenvalue weighted by Crippen LogP contribution is -2.23. The second-order valence-electron chi connectivity index (χ2n) is 8.09. The summed E-state index contributed by atoms with van der Waals surface area (Å²) < 4.78 is 7.98. The maximum absolute atomic E-state index is 13.3. The predicted molar refractivity (Wildman–Crippen MR) is 139 cm³/mol. The zero-order valence-corrected chi connectivity index (χ0v) is 20.8. The molecule has 0 aliphatic rings. The molecular formula is C26H23BrN4O4. The highest BCUT2D eigenvalue weighted by Crippen LogP contribution is 2.21. The maximum Gasteiger partial charge on any atom is 0.282 e. The fourth-order valence-corrected chi connectivity index (χ4v) is 3.88. The highest BCUT2D eigenvalue weighted by Gasteiger charge is 2.15. The van der Waals surface area contributed by atoms with E-state index in [2.05, 4.69) is 21.0 Å². The van der Waals surface area contributed by atoms with Crippen molar-refractivity contribution in [2.24, 2.45) is 5.10 Å². The van der Waals surface area contributed by atoms with Crippen LogP contribution < -0.4 is 10.3 Å². The molecule has 0 bridgehead atoms. The zero-order chi connectivity index (χ0) is 24.9. The molecule has 1 aromatic heterocycles. The molecule has 1 atom stereocenters. The van der Waals surface area contributed by atoms with Gasteiger partial charge in [-0.15, -0.1) is 0 Å². The highest BCUT2D eigenvalue weighted by molar-refractivity contribution is 9.10. The number of nitro benzene ring substituents is 1. The summed E-state index contributed by atoms with van der Waals surface area (Å²) in [6.45, 7) is 4.24. The first-order valence-corrected chi connectivity index (χ1v) is 11.9. The second kappa shape index (κ2) is 10.6. The largest absolute Gasteiger partial charge is 0.489 e. The Labute approximate surface area is 210 Å². The Morgan fingerprint density at radius 1 is 1.17 bits per heavy atom. The van der Waals surface area contributed by atoms with Crippen LogP contribution in [-0.2, 0) is 6.61 Å². The Morgan fingerprint density at radius 2 is 1.97 bits per heavy atom. The van der Waals surface area contributed by atoms with Crippen molar-refractivity contribution in [2.75, 3.05) is 0 Å². The van der Waals surface area contributed by atoms with Crippen molar-refractivity contribution in [3.05, 3.63) is 109 Å². The number of aromatic nitrogens is 2. The van der Waals surface area contributed by atoms with Gasteiger partial charge >= 0.3 is 0 Å². The van der Waals surface area contributed by atoms with Crippen molar-refractivity contribution in [1.29, 1.82) is 0 Å². The van der Waals surface area contributed by atoms with E-state index in [0.717, 1.165) is 16.5 Å². The van der Waals surface area contributed by atoms with Gasteiger partial charge in [0.15, 0.2) is 0 Å². The van der Waals surface area contributed by atoms with E-state index in [4.69, 9.17) is 9.72 Å². The van der Waals surface area contributed by atoms with Crippen LogP contribution in [0.3, 0.4) is 0 Å². The van der Waals surface area contributed by atoms with Gasteiger partial charge in [-0.05, 0) is 47.9 Å². The molecule has 0 radical (unpaired) electrons. The first-order chi connectivity index (χ1) is 16.9. The van der Waals surface area contributed by atoms with Crippen LogP contribution in [0.15, 0.2) is 81.1 Å². The zero-order valence-electron chi connectivity index (χ0n) is 19.2. The number of nitrogens with zero attached hydrogens (tertiary/aromatic N) is 4. The molecule has 178 valence electrons. The topological polar surface area (TPSA) is 99.6 Å². The molecule has 0 unspecified atom stereocenters. The van der Waals surface area contributed by atoms with Gasteiger partial charge in [-0.25, -0.2) is 4.98 Å². The summed E-state index contributed by atoms with van der Waals surface area (Å²) in [5, 5.41) is 15.9. The van der Waals surface area contributed by atoms with E-state index in [1.807, 2.05) is 38.1 Å². The minimum Gasteiger partial charge on any atom is -0.489 e. The van der Waals surface area contributed by atoms with Crippen molar-refractivity contribution >= 4 is 38.7 Å². The van der Waals surface area contributed by atoms with E-state index in [1.54, 1.807) is 36.5 Å². The SMILES string of the molecule is CC[C@@H](C)c1nc2ccc(Br)cc2c(=O)n1N=Cc1cccc(OCc2cccc([N+](=O)[O-])c2)c1. The number of benzene rings is 3. The van der Waals surface area contributed by atoms with E-state index >= 15 is 0 Å². The standard InChI is InChI=1S/C26H23BrN4O4/c1-3-17(2)25-29-24-11-10-20(27)14-23(24)26(32)30(25)28-15-18-6-5-9-22(13-18)35-16-19-7-4-8-21(12-19)31(33)34/h4-15,17H,3,16H2,1-2H3/t17-/m1/s1. The van der Waals surface area contributed by atoms with Crippen LogP contribution >= 0.6 is 15.9 Å². The van der Waals surface area contributed by atoms with Gasteiger partial charge in [0.2, 0.25) is 0 Å². The molecule has 0 aliphatic carbocycles. The minimum absolute atomic E-state index is 0.0190. The molecule has 3 aromatic carbocycles. The fourth-order valence-electron chi connectivity index (χ4n) is 3.51. The number of non-ortho nitro benzene ring substituents is 1. The first-order valence-electron chi connectivity index (χ1n) is 11.1. The van der Waals surface area contributed by atoms with Gasteiger partial charge in [0.1, 0.15) is 18.2 Å². The van der Waals surface area contributed by atoms with Crippen molar-refractivity contribution in [3.8, 4) is 5.75 Å². The second-order valence-corrected chi connectivity index (χ2v) is 9.01. The Morgan fingerprint density at radius 3 is 2.74 bits per heavy atom. The summed E-state index contributed by atoms with van der Waals surface area (Å²) in [6.07, 6.45) is 2.41. The van der Waals surface area contributed by atoms with Crippen molar-refractivity contribution in [3.63, 3.8) is 0 Å². The van der Waals surface area contributed by atoms with E-state index in [-0.39, 0.29) is 23.8 Å². The summed E-state index contributed by atoms with van der Waals surface area (Å²) in [6, 6.07) is 19.0. The van der Waals surface area contributed by atoms with Gasteiger partial charge in [0.25, 0.3) is 11.2 Å². The molecule has 4 rings (SSSR count). The summed E-state index contributed by atoms with van der Waals surface area (Å²) in [5.41, 5.74) is 1.84. The molecule has 35 heavy (non-hydrogen) atoms. The molecule has 0 aliphatic heterocycles. The van der Waals surface area contributed by atoms with E-state index < -0.39 is 4.92 Å². The molecule has 9 heteroatoms. The van der Waals surface area contributed by atoms with E-state index in [0.29, 0.717) is 28.0 Å². The third kappa shape index (κ3) is 5.63. The van der Waals surface area contributed by atoms with Gasteiger partial charge in [-0.2, -0.15) is 9.78 Å². The molecule has 0 spiro atoms. The summed E-state index contributed by atoms with van der Waals surface area (Å²) in [5.74, 6) is 1.22. The average Bonchev–Trinajstić information content (AvgIpc) is 2.87. The molecule has 4 aromatic rings. The number of halogens is 1. The van der Waals surface area contributed by atoms with Crippen LogP contribution in [0.5, 0.6) is 5.75 Å². The summed E-state index contributed by atoms with van der Waals surface area (Å²) >= 11 is 3.42. The van der Waals surface area contributed by atoms with E-state index in [9.17, 15) is 14.9 Å². The Kier molecular flexibility index (Phi) is 7.36. The van der Waals surface area contributed by atoms with Crippen LogP contribution in [0.4, 0.5) is 5.69 Å². The smallest absolute Gasteiger partial charge is 0.282 e. The maximum atomic E-state index is 13.3. The number of ether oxygens (including phenoxy) is 1. The van der Waals surface area contributed by atoms with Crippen LogP contribution in [0.2, 0.25) is 0 Å². The normalized spacial score (nSPS) is 12.2. The minimum atomic E-state index is -0.434. The molecular weight excluding hydrogens is 512 g/mol. The van der Waals surface area contributed by atoms with Gasteiger partial charge in [-0.3, -0.25) is 14.9 Å². The number of nitro groups is 1. The Hall–Kier alpha value is -3.85. The molecule has 0 saturated heterocycles. The third-order valence-corrected chi connectivity index (χ3v) is 6.09. The molecule has 0 saturated carbocycles. The molecule has 0 N–H and O–H groups in total. The van der Waals surface area contributed by atoms with Gasteiger partial charge in [0.05, 0.1) is 22.0 Å². The molecule has 1 heterocycles. The Balaban J connectivity index is 1.61. The molecule has 8 nitrogen and oxygen atoms in total. The lowest BCUT2D eigenvalue weighted by Gasteiger charge is -2.14. The summed E-state index contributed by atoms with van der Waals surface area (Å²) in [4.78, 5) is 28.5. The van der Waals surface area contributed by atoms with Crippen LogP contribution in [0, 0.1) is 10.1 Å². The number of hydrogen-bond acceptors (Lipinski definition) is 6. The quantitative estimate of drug-likeness (QED) is 0.156. The molecule has 0 amide bonds. The van der Waals surface area contributed by atoms with Crippen LogP contribution in [0.1, 0.15) is 43.1 Å². The monoisotopic (exact) mass is 534 g/mol. The predicted octanol–water partition coefficient (Wildman–Crippen LogP) is 6.04. The Bertz CT molecular complexity index is 1480. The van der Waals surface area contributed by atoms with Gasteiger partial charge in [0, 0.05) is 22.5 Å². The first kappa shape index (κ1) is 24.3. The third-order valence-electron chi connectivity index (χ3n) is 5.59. The lowest BCUT2D eigenvalue weighted by atomic mass is 10.1. The van der Waals surface area contributed by atoms with Crippen LogP contribution in [0.25, 0.3) is 10.9 Å². The lowest BCUT2D eigenvalue weighted by molar-refractivity contribution is -0.384. The van der Waals surface area contributed by atoms with Crippen LogP contribution in [-0.4, -0.2) is 20.8 Å². The van der Waals surface area contributed by atoms with E-state index in [1.165, 1.54) is 16.8 Å². The highest BCUT2D eigenvalue weighted by atomic mass is 79.9. The van der Waals surface area contributed by atoms with Gasteiger partial charge in [-0.1, -0.05) is 54.0 Å².